The quantitative estimate of drug-likeness (QED) is 0.500. The molecule has 154 valence electrons. The zero-order chi connectivity index (χ0) is 21.5. The second-order valence-corrected chi connectivity index (χ2v) is 7.62. The van der Waals surface area contributed by atoms with Crippen LogP contribution in [0.1, 0.15) is 26.3 Å². The third-order valence-electron chi connectivity index (χ3n) is 4.34. The Balaban J connectivity index is 1.53. The summed E-state index contributed by atoms with van der Waals surface area (Å²) in [7, 11) is 0. The summed E-state index contributed by atoms with van der Waals surface area (Å²) in [6.07, 6.45) is -0.223. The van der Waals surface area contributed by atoms with Gasteiger partial charge in [-0.25, -0.2) is 0 Å². The number of rotatable bonds is 7. The summed E-state index contributed by atoms with van der Waals surface area (Å²) in [6, 6.07) is 20.6. The van der Waals surface area contributed by atoms with Crippen molar-refractivity contribution in [1.82, 2.24) is 5.32 Å². The van der Waals surface area contributed by atoms with Crippen molar-refractivity contribution in [3.05, 3.63) is 99.5 Å². The lowest BCUT2D eigenvalue weighted by Gasteiger charge is -2.12. The Labute approximate surface area is 184 Å². The molecule has 7 heteroatoms. The van der Waals surface area contributed by atoms with E-state index in [9.17, 15) is 14.7 Å². The lowest BCUT2D eigenvalue weighted by Crippen LogP contribution is -2.33. The first-order chi connectivity index (χ1) is 14.4. The summed E-state index contributed by atoms with van der Waals surface area (Å²) in [4.78, 5) is 24.6. The fourth-order valence-electron chi connectivity index (χ4n) is 2.86. The van der Waals surface area contributed by atoms with Crippen molar-refractivity contribution in [3.8, 4) is 0 Å². The molecule has 0 aliphatic rings. The Bertz CT molecular complexity index is 1000. The number of anilines is 1. The SMILES string of the molecule is O=C(NCC(O)Cc1ccccc1)c1ccc(NC(=O)c2cc(Cl)cc(Cl)c2)cc1. The van der Waals surface area contributed by atoms with E-state index in [2.05, 4.69) is 10.6 Å². The fraction of sp³-hybridized carbons (Fsp3) is 0.130. The van der Waals surface area contributed by atoms with Crippen LogP contribution in [0.15, 0.2) is 72.8 Å². The van der Waals surface area contributed by atoms with Crippen molar-refractivity contribution in [2.45, 2.75) is 12.5 Å². The van der Waals surface area contributed by atoms with Gasteiger partial charge in [-0.1, -0.05) is 53.5 Å². The molecule has 1 unspecified atom stereocenters. The second-order valence-electron chi connectivity index (χ2n) is 6.74. The van der Waals surface area contributed by atoms with Crippen molar-refractivity contribution in [2.24, 2.45) is 0 Å². The van der Waals surface area contributed by atoms with Crippen LogP contribution in [0.25, 0.3) is 0 Å². The number of aliphatic hydroxyl groups excluding tert-OH is 1. The maximum Gasteiger partial charge on any atom is 0.255 e. The molecule has 0 bridgehead atoms. The number of nitrogens with one attached hydrogen (secondary N) is 2. The van der Waals surface area contributed by atoms with Crippen molar-refractivity contribution in [2.75, 3.05) is 11.9 Å². The molecule has 2 amide bonds. The van der Waals surface area contributed by atoms with Crippen molar-refractivity contribution in [1.29, 1.82) is 0 Å². The second kappa shape index (κ2) is 10.3. The van der Waals surface area contributed by atoms with Gasteiger partial charge in [-0.3, -0.25) is 9.59 Å². The van der Waals surface area contributed by atoms with Gasteiger partial charge in [-0.15, -0.1) is 0 Å². The van der Waals surface area contributed by atoms with Gasteiger partial charge in [-0.2, -0.15) is 0 Å². The highest BCUT2D eigenvalue weighted by molar-refractivity contribution is 6.35. The Morgan fingerprint density at radius 3 is 2.10 bits per heavy atom. The van der Waals surface area contributed by atoms with E-state index in [1.54, 1.807) is 30.3 Å². The van der Waals surface area contributed by atoms with Gasteiger partial charge in [0.1, 0.15) is 0 Å². The van der Waals surface area contributed by atoms with Gasteiger partial charge in [-0.05, 0) is 48.0 Å². The Morgan fingerprint density at radius 1 is 0.833 bits per heavy atom. The zero-order valence-electron chi connectivity index (χ0n) is 15.9. The van der Waals surface area contributed by atoms with Gasteiger partial charge in [0.05, 0.1) is 6.10 Å². The number of halogens is 2. The zero-order valence-corrected chi connectivity index (χ0v) is 17.5. The minimum atomic E-state index is -0.681. The van der Waals surface area contributed by atoms with Crippen LogP contribution in [-0.4, -0.2) is 29.6 Å². The number of benzene rings is 3. The number of hydrogen-bond donors (Lipinski definition) is 3. The van der Waals surface area contributed by atoms with Gasteiger partial charge >= 0.3 is 0 Å². The summed E-state index contributed by atoms with van der Waals surface area (Å²) in [5.74, 6) is -0.665. The van der Waals surface area contributed by atoms with E-state index >= 15 is 0 Å². The van der Waals surface area contributed by atoms with Crippen LogP contribution in [-0.2, 0) is 6.42 Å². The molecule has 0 aliphatic heterocycles. The van der Waals surface area contributed by atoms with Gasteiger partial charge < -0.3 is 15.7 Å². The normalized spacial score (nSPS) is 11.6. The largest absolute Gasteiger partial charge is 0.391 e. The number of amides is 2. The molecule has 0 radical (unpaired) electrons. The minimum Gasteiger partial charge on any atom is -0.391 e. The van der Waals surface area contributed by atoms with Crippen molar-refractivity contribution >= 4 is 40.7 Å². The molecular weight excluding hydrogens is 423 g/mol. The molecule has 0 saturated heterocycles. The fourth-order valence-corrected chi connectivity index (χ4v) is 3.39. The van der Waals surface area contributed by atoms with Gasteiger partial charge in [0.25, 0.3) is 11.8 Å². The molecule has 0 fully saturated rings. The molecular formula is C23H20Cl2N2O3. The molecule has 0 aromatic heterocycles. The molecule has 5 nitrogen and oxygen atoms in total. The van der Waals surface area contributed by atoms with Crippen LogP contribution >= 0.6 is 23.2 Å². The maximum absolute atomic E-state index is 12.3. The Morgan fingerprint density at radius 2 is 1.47 bits per heavy atom. The van der Waals surface area contributed by atoms with Crippen LogP contribution in [0.2, 0.25) is 10.0 Å². The standard InChI is InChI=1S/C23H20Cl2N2O3/c24-18-11-17(12-19(25)13-18)23(30)27-20-8-6-16(7-9-20)22(29)26-14-21(28)10-15-4-2-1-3-5-15/h1-9,11-13,21,28H,10,14H2,(H,26,29)(H,27,30). The van der Waals surface area contributed by atoms with Crippen LogP contribution in [0.3, 0.4) is 0 Å². The van der Waals surface area contributed by atoms with Crippen molar-refractivity contribution in [3.63, 3.8) is 0 Å². The molecule has 0 aliphatic carbocycles. The summed E-state index contributed by atoms with van der Waals surface area (Å²) < 4.78 is 0. The van der Waals surface area contributed by atoms with Crippen LogP contribution in [0.4, 0.5) is 5.69 Å². The van der Waals surface area contributed by atoms with Crippen LogP contribution < -0.4 is 10.6 Å². The molecule has 3 rings (SSSR count). The Hall–Kier alpha value is -2.86. The van der Waals surface area contributed by atoms with E-state index in [4.69, 9.17) is 23.2 Å². The Kier molecular flexibility index (Phi) is 7.46. The molecule has 0 spiro atoms. The highest BCUT2D eigenvalue weighted by Gasteiger charge is 2.11. The van der Waals surface area contributed by atoms with E-state index in [1.807, 2.05) is 30.3 Å². The third kappa shape index (κ3) is 6.32. The van der Waals surface area contributed by atoms with Gasteiger partial charge in [0.2, 0.25) is 0 Å². The van der Waals surface area contributed by atoms with Crippen LogP contribution in [0, 0.1) is 0 Å². The predicted octanol–water partition coefficient (Wildman–Crippen LogP) is 4.58. The average molecular weight is 443 g/mol. The molecule has 0 heterocycles. The van der Waals surface area contributed by atoms with Gasteiger partial charge in [0, 0.05) is 39.8 Å². The molecule has 3 aromatic rings. The maximum atomic E-state index is 12.3. The molecule has 0 saturated carbocycles. The monoisotopic (exact) mass is 442 g/mol. The summed E-state index contributed by atoms with van der Waals surface area (Å²) in [5.41, 5.74) is 2.28. The molecule has 1 atom stereocenters. The summed E-state index contributed by atoms with van der Waals surface area (Å²) in [6.45, 7) is 0.141. The molecule has 3 aromatic carbocycles. The first-order valence-electron chi connectivity index (χ1n) is 9.28. The van der Waals surface area contributed by atoms with E-state index in [1.165, 1.54) is 12.1 Å². The smallest absolute Gasteiger partial charge is 0.255 e. The average Bonchev–Trinajstić information content (AvgIpc) is 2.72. The summed E-state index contributed by atoms with van der Waals surface area (Å²) >= 11 is 11.8. The third-order valence-corrected chi connectivity index (χ3v) is 4.78. The number of carbonyl (C=O) groups excluding carboxylic acids is 2. The highest BCUT2D eigenvalue weighted by Crippen LogP contribution is 2.20. The first-order valence-corrected chi connectivity index (χ1v) is 10.0. The number of carbonyl (C=O) groups is 2. The summed E-state index contributed by atoms with van der Waals surface area (Å²) in [5, 5.41) is 16.3. The number of hydrogen-bond acceptors (Lipinski definition) is 3. The van der Waals surface area contributed by atoms with E-state index in [0.717, 1.165) is 5.56 Å². The topological polar surface area (TPSA) is 78.4 Å². The predicted molar refractivity (Wildman–Crippen MR) is 119 cm³/mol. The van der Waals surface area contributed by atoms with E-state index in [-0.39, 0.29) is 18.4 Å². The lowest BCUT2D eigenvalue weighted by molar-refractivity contribution is 0.0915. The molecule has 30 heavy (non-hydrogen) atoms. The van der Waals surface area contributed by atoms with Crippen LogP contribution in [0.5, 0.6) is 0 Å². The lowest BCUT2D eigenvalue weighted by atomic mass is 10.1. The number of aliphatic hydroxyl groups is 1. The first kappa shape index (κ1) is 21.8. The highest BCUT2D eigenvalue weighted by atomic mass is 35.5. The van der Waals surface area contributed by atoms with Crippen molar-refractivity contribution < 1.29 is 14.7 Å². The molecule has 3 N–H and O–H groups in total. The van der Waals surface area contributed by atoms with Gasteiger partial charge in [0.15, 0.2) is 0 Å². The minimum absolute atomic E-state index is 0.141. The van der Waals surface area contributed by atoms with E-state index in [0.29, 0.717) is 33.3 Å². The van der Waals surface area contributed by atoms with E-state index < -0.39 is 6.10 Å².